The summed E-state index contributed by atoms with van der Waals surface area (Å²) in [5, 5.41) is 18.3. The largest absolute Gasteiger partial charge is 0.510 e. The zero-order valence-corrected chi connectivity index (χ0v) is 20.1. The molecule has 2 atom stereocenters. The van der Waals surface area contributed by atoms with E-state index in [0.29, 0.717) is 12.8 Å². The molecule has 1 aromatic heterocycles. The van der Waals surface area contributed by atoms with Crippen LogP contribution in [0.2, 0.25) is 0 Å². The van der Waals surface area contributed by atoms with Gasteiger partial charge < -0.3 is 10.2 Å². The number of aliphatic carboxylic acids is 1. The lowest BCUT2D eigenvalue weighted by Gasteiger charge is -2.14. The number of aliphatic hydroxyl groups is 1. The molecule has 2 aromatic carbocycles. The number of aliphatic hydroxyl groups excluding tert-OH is 1. The Morgan fingerprint density at radius 3 is 2.44 bits per heavy atom. The van der Waals surface area contributed by atoms with Gasteiger partial charge in [-0.05, 0) is 47.6 Å². The van der Waals surface area contributed by atoms with E-state index in [1.807, 2.05) is 34.9 Å². The maximum atomic E-state index is 13.6. The molecule has 3 rings (SSSR count). The van der Waals surface area contributed by atoms with Crippen LogP contribution in [0.3, 0.4) is 0 Å². The van der Waals surface area contributed by atoms with Gasteiger partial charge in [-0.3, -0.25) is 9.36 Å². The lowest BCUT2D eigenvalue weighted by molar-refractivity contribution is -0.138. The summed E-state index contributed by atoms with van der Waals surface area (Å²) < 4.78 is 33.1. The first-order valence-corrected chi connectivity index (χ1v) is 12.5. The second kappa shape index (κ2) is 12.0. The Labute approximate surface area is 199 Å². The molecule has 9 heteroatoms. The molecule has 3 aromatic rings. The minimum Gasteiger partial charge on any atom is -0.481 e. The van der Waals surface area contributed by atoms with Crippen LogP contribution in [0.15, 0.2) is 54.6 Å². The Hall–Kier alpha value is -2.93. The summed E-state index contributed by atoms with van der Waals surface area (Å²) in [5.74, 6) is -0.573. The maximum absolute atomic E-state index is 13.6. The maximum Gasteiger partial charge on any atom is 0.510 e. The highest BCUT2D eigenvalue weighted by Crippen LogP contribution is 2.32. The number of benzene rings is 2. The van der Waals surface area contributed by atoms with Crippen molar-refractivity contribution < 1.29 is 28.5 Å². The molecule has 0 aliphatic heterocycles. The van der Waals surface area contributed by atoms with E-state index >= 15 is 0 Å². The average Bonchev–Trinajstić information content (AvgIpc) is 3.17. The van der Waals surface area contributed by atoms with Crippen LogP contribution in [-0.4, -0.2) is 44.6 Å². The molecule has 2 unspecified atom stereocenters. The average molecular weight is 487 g/mol. The summed E-state index contributed by atoms with van der Waals surface area (Å²) in [6.07, 6.45) is -0.782. The molecule has 0 saturated carbocycles. The lowest BCUT2D eigenvalue weighted by Crippen LogP contribution is -2.15. The highest BCUT2D eigenvalue weighted by Gasteiger charge is 2.26. The van der Waals surface area contributed by atoms with Crippen molar-refractivity contribution in [3.05, 3.63) is 71.8 Å². The zero-order chi connectivity index (χ0) is 24.7. The number of carboxylic acids is 1. The molecule has 0 aliphatic rings. The minimum atomic E-state index is -2.16. The first-order valence-electron chi connectivity index (χ1n) is 11.2. The van der Waals surface area contributed by atoms with Gasteiger partial charge in [0.1, 0.15) is 24.4 Å². The lowest BCUT2D eigenvalue weighted by atomic mass is 10.1. The van der Waals surface area contributed by atoms with Crippen molar-refractivity contribution in [2.75, 3.05) is 12.8 Å². The number of imidazole rings is 1. The molecule has 7 nitrogen and oxygen atoms in total. The van der Waals surface area contributed by atoms with Gasteiger partial charge in [0.25, 0.3) is 0 Å². The molecule has 0 radical (unpaired) electrons. The Balaban J connectivity index is 1.83. The van der Waals surface area contributed by atoms with Crippen molar-refractivity contribution in [1.29, 1.82) is 0 Å². The number of hydrogen-bond donors (Lipinski definition) is 2. The Morgan fingerprint density at radius 1 is 1.15 bits per heavy atom. The number of aromatic nitrogens is 2. The van der Waals surface area contributed by atoms with Crippen molar-refractivity contribution in [2.45, 2.75) is 45.1 Å². The smallest absolute Gasteiger partial charge is 0.481 e. The van der Waals surface area contributed by atoms with Gasteiger partial charge in [0.05, 0.1) is 12.1 Å². The van der Waals surface area contributed by atoms with E-state index in [1.54, 1.807) is 12.1 Å². The van der Waals surface area contributed by atoms with Gasteiger partial charge in [-0.25, -0.2) is 9.37 Å². The van der Waals surface area contributed by atoms with E-state index in [1.165, 1.54) is 12.1 Å². The van der Waals surface area contributed by atoms with Gasteiger partial charge >= 0.3 is 14.0 Å². The molecule has 0 fully saturated rings. The van der Waals surface area contributed by atoms with Crippen LogP contribution in [0.5, 0.6) is 0 Å². The molecule has 180 valence electrons. The third-order valence-corrected chi connectivity index (χ3v) is 6.42. The van der Waals surface area contributed by atoms with Crippen molar-refractivity contribution in [3.63, 3.8) is 0 Å². The van der Waals surface area contributed by atoms with Crippen LogP contribution < -0.4 is 0 Å². The normalized spacial score (nSPS) is 12.7. The first-order chi connectivity index (χ1) is 16.3. The SMILES string of the molecule is CC(C)c1nc(-c2ccccc2)n(-c2ccc(F)cc2)c1CCCO[P+](=O)CC(O)CC(=O)O. The van der Waals surface area contributed by atoms with Crippen LogP contribution in [0.1, 0.15) is 44.0 Å². The predicted molar refractivity (Wildman–Crippen MR) is 128 cm³/mol. The monoisotopic (exact) mass is 487 g/mol. The highest BCUT2D eigenvalue weighted by molar-refractivity contribution is 7.39. The quantitative estimate of drug-likeness (QED) is 0.265. The summed E-state index contributed by atoms with van der Waals surface area (Å²) >= 11 is 0. The van der Waals surface area contributed by atoms with Crippen molar-refractivity contribution in [1.82, 2.24) is 9.55 Å². The topological polar surface area (TPSA) is 102 Å². The second-order valence-electron chi connectivity index (χ2n) is 8.30. The third kappa shape index (κ3) is 6.79. The molecule has 34 heavy (non-hydrogen) atoms. The van der Waals surface area contributed by atoms with Gasteiger partial charge in [0.15, 0.2) is 0 Å². The van der Waals surface area contributed by atoms with Crippen LogP contribution in [0, 0.1) is 5.82 Å². The first kappa shape index (κ1) is 25.7. The van der Waals surface area contributed by atoms with E-state index in [4.69, 9.17) is 14.6 Å². The van der Waals surface area contributed by atoms with Crippen LogP contribution in [0.25, 0.3) is 17.1 Å². The van der Waals surface area contributed by atoms with Crippen LogP contribution >= 0.6 is 8.03 Å². The second-order valence-corrected chi connectivity index (χ2v) is 9.59. The number of carbonyl (C=O) groups is 1. The van der Waals surface area contributed by atoms with Gasteiger partial charge in [-0.2, -0.15) is 0 Å². The van der Waals surface area contributed by atoms with Crippen molar-refractivity contribution in [3.8, 4) is 17.1 Å². The van der Waals surface area contributed by atoms with E-state index < -0.39 is 26.5 Å². The van der Waals surface area contributed by atoms with Crippen LogP contribution in [0.4, 0.5) is 4.39 Å². The number of halogens is 1. The third-order valence-electron chi connectivity index (χ3n) is 5.23. The fourth-order valence-corrected chi connectivity index (χ4v) is 4.63. The van der Waals surface area contributed by atoms with Gasteiger partial charge in [0, 0.05) is 16.9 Å². The molecule has 0 spiro atoms. The molecule has 2 N–H and O–H groups in total. The van der Waals surface area contributed by atoms with Gasteiger partial charge in [-0.1, -0.05) is 44.2 Å². The summed E-state index contributed by atoms with van der Waals surface area (Å²) in [6.45, 7) is 4.31. The fourth-order valence-electron chi connectivity index (χ4n) is 3.72. The minimum absolute atomic E-state index is 0.142. The van der Waals surface area contributed by atoms with Crippen LogP contribution in [-0.2, 0) is 20.3 Å². The Morgan fingerprint density at radius 2 is 1.82 bits per heavy atom. The van der Waals surface area contributed by atoms with Gasteiger partial charge in [0.2, 0.25) is 6.16 Å². The standard InChI is InChI=1S/C25H28FN2O5P/c1-17(2)24-22(9-6-14-33-34(32)16-21(29)15-23(30)31)28(20-12-10-19(26)11-13-20)25(27-24)18-7-4-3-5-8-18/h3-5,7-8,10-13,17,21,29H,6,9,14-16H2,1-2H3/p+1. The molecule has 0 aliphatic carbocycles. The van der Waals surface area contributed by atoms with E-state index in [2.05, 4.69) is 13.8 Å². The number of rotatable bonds is 12. The van der Waals surface area contributed by atoms with Gasteiger partial charge in [-0.15, -0.1) is 4.52 Å². The molecule has 1 heterocycles. The van der Waals surface area contributed by atoms with E-state index in [0.717, 1.165) is 28.5 Å². The summed E-state index contributed by atoms with van der Waals surface area (Å²) in [7, 11) is -2.16. The summed E-state index contributed by atoms with van der Waals surface area (Å²) in [6, 6.07) is 16.0. The van der Waals surface area contributed by atoms with Crippen molar-refractivity contribution >= 4 is 14.0 Å². The molecular weight excluding hydrogens is 458 g/mol. The Bertz CT molecular complexity index is 1120. The summed E-state index contributed by atoms with van der Waals surface area (Å²) in [5.41, 5.74) is 3.61. The molecule has 0 bridgehead atoms. The number of nitrogens with zero attached hydrogens (tertiary/aromatic N) is 2. The number of hydrogen-bond acceptors (Lipinski definition) is 5. The molecule has 0 saturated heterocycles. The number of carboxylic acid groups (broad SMARTS) is 1. The van der Waals surface area contributed by atoms with E-state index in [9.17, 15) is 18.9 Å². The fraction of sp³-hybridized carbons (Fsp3) is 0.360. The summed E-state index contributed by atoms with van der Waals surface area (Å²) in [4.78, 5) is 15.6. The zero-order valence-electron chi connectivity index (χ0n) is 19.2. The molecule has 0 amide bonds. The molecular formula is C25H29FN2O5P+. The van der Waals surface area contributed by atoms with E-state index in [-0.39, 0.29) is 24.5 Å². The highest BCUT2D eigenvalue weighted by atomic mass is 31.1. The Kier molecular flexibility index (Phi) is 9.05. The van der Waals surface area contributed by atoms with Crippen molar-refractivity contribution in [2.24, 2.45) is 0 Å². The predicted octanol–water partition coefficient (Wildman–Crippen LogP) is 5.33.